The average molecular weight is 728 g/mol. The van der Waals surface area contributed by atoms with Crippen molar-refractivity contribution in [2.24, 2.45) is 0 Å². The van der Waals surface area contributed by atoms with Gasteiger partial charge in [-0.2, -0.15) is 5.26 Å². The Kier molecular flexibility index (Phi) is 8.71. The van der Waals surface area contributed by atoms with Crippen LogP contribution in [0, 0.1) is 11.3 Å². The van der Waals surface area contributed by atoms with E-state index in [0.29, 0.717) is 5.56 Å². The number of H-pyrrole nitrogens is 1. The highest BCUT2D eigenvalue weighted by Crippen LogP contribution is 2.47. The molecule has 0 radical (unpaired) electrons. The molecule has 8 aromatic carbocycles. The third-order valence-electron chi connectivity index (χ3n) is 11.3. The number of fused-ring (bicyclic) bond motifs is 7. The van der Waals surface area contributed by atoms with Crippen LogP contribution in [0.3, 0.4) is 0 Å². The summed E-state index contributed by atoms with van der Waals surface area (Å²) in [5.41, 5.74) is 18.9. The van der Waals surface area contributed by atoms with Crippen molar-refractivity contribution in [3.63, 3.8) is 0 Å². The second-order valence-corrected chi connectivity index (χ2v) is 14.7. The number of nitrogens with zero attached hydrogens (tertiary/aromatic N) is 2. The monoisotopic (exact) mass is 727 g/mol. The maximum absolute atomic E-state index is 9.56. The molecule has 268 valence electrons. The van der Waals surface area contributed by atoms with Gasteiger partial charge in [-0.05, 0) is 91.9 Å². The van der Waals surface area contributed by atoms with Crippen LogP contribution < -0.4 is 0 Å². The van der Waals surface area contributed by atoms with Crippen molar-refractivity contribution >= 4 is 0 Å². The Morgan fingerprint density at radius 3 is 1.84 bits per heavy atom. The van der Waals surface area contributed by atoms with E-state index < -0.39 is 0 Å². The Bertz CT molecular complexity index is 2950. The van der Waals surface area contributed by atoms with E-state index in [-0.39, 0.29) is 5.92 Å². The second-order valence-electron chi connectivity index (χ2n) is 14.7. The zero-order valence-corrected chi connectivity index (χ0v) is 31.2. The molecular weight excluding hydrogens is 691 g/mol. The van der Waals surface area contributed by atoms with E-state index in [2.05, 4.69) is 181 Å². The molecule has 1 aliphatic rings. The van der Waals surface area contributed by atoms with Gasteiger partial charge in [0.2, 0.25) is 0 Å². The van der Waals surface area contributed by atoms with Crippen LogP contribution >= 0.6 is 0 Å². The summed E-state index contributed by atoms with van der Waals surface area (Å²) >= 11 is 0. The highest BCUT2D eigenvalue weighted by molar-refractivity contribution is 5.96. The lowest BCUT2D eigenvalue weighted by molar-refractivity contribution is 0.808. The molecule has 0 fully saturated rings. The van der Waals surface area contributed by atoms with Crippen molar-refractivity contribution in [2.75, 3.05) is 0 Å². The van der Waals surface area contributed by atoms with Gasteiger partial charge in [-0.15, -0.1) is 0 Å². The summed E-state index contributed by atoms with van der Waals surface area (Å²) in [6.45, 7) is 0. The Morgan fingerprint density at radius 2 is 1.05 bits per heavy atom. The molecular formula is C54H37N3. The van der Waals surface area contributed by atoms with Gasteiger partial charge in [-0.25, -0.2) is 4.98 Å². The summed E-state index contributed by atoms with van der Waals surface area (Å²) in [5, 5.41) is 9.56. The van der Waals surface area contributed by atoms with Gasteiger partial charge in [0, 0.05) is 22.6 Å². The van der Waals surface area contributed by atoms with E-state index in [1.807, 2.05) is 30.3 Å². The molecule has 9 aromatic rings. The highest BCUT2D eigenvalue weighted by Gasteiger charge is 2.26. The van der Waals surface area contributed by atoms with Gasteiger partial charge in [0.25, 0.3) is 0 Å². The number of benzene rings is 8. The van der Waals surface area contributed by atoms with Crippen LogP contribution in [0.5, 0.6) is 0 Å². The molecule has 0 aliphatic heterocycles. The molecule has 10 rings (SSSR count). The predicted octanol–water partition coefficient (Wildman–Crippen LogP) is 13.6. The van der Waals surface area contributed by atoms with Gasteiger partial charge in [-0.1, -0.05) is 176 Å². The summed E-state index contributed by atoms with van der Waals surface area (Å²) in [7, 11) is 0. The topological polar surface area (TPSA) is 52.5 Å². The quantitative estimate of drug-likeness (QED) is 0.192. The molecule has 57 heavy (non-hydrogen) atoms. The third-order valence-corrected chi connectivity index (χ3v) is 11.3. The number of aromatic nitrogens is 2. The number of nitriles is 1. The number of hydrogen-bond donors (Lipinski definition) is 1. The Morgan fingerprint density at radius 1 is 0.456 bits per heavy atom. The molecule has 3 nitrogen and oxygen atoms in total. The van der Waals surface area contributed by atoms with Gasteiger partial charge < -0.3 is 4.98 Å². The minimum atomic E-state index is 0.142. The van der Waals surface area contributed by atoms with Gasteiger partial charge in [-0.3, -0.25) is 0 Å². The fourth-order valence-corrected chi connectivity index (χ4v) is 8.57. The van der Waals surface area contributed by atoms with Gasteiger partial charge in [0.15, 0.2) is 0 Å². The van der Waals surface area contributed by atoms with E-state index in [0.717, 1.165) is 51.5 Å². The van der Waals surface area contributed by atoms with Crippen LogP contribution in [0.4, 0.5) is 0 Å². The van der Waals surface area contributed by atoms with Crippen molar-refractivity contribution < 1.29 is 0 Å². The zero-order valence-electron chi connectivity index (χ0n) is 31.2. The number of aromatic amines is 1. The van der Waals surface area contributed by atoms with Crippen LogP contribution in [0.2, 0.25) is 0 Å². The number of imidazole rings is 1. The van der Waals surface area contributed by atoms with Crippen LogP contribution in [0.15, 0.2) is 200 Å². The van der Waals surface area contributed by atoms with Crippen molar-refractivity contribution in [3.8, 4) is 84.5 Å². The highest BCUT2D eigenvalue weighted by atomic mass is 14.9. The number of rotatable bonds is 5. The van der Waals surface area contributed by atoms with Crippen molar-refractivity contribution in [1.82, 2.24) is 9.97 Å². The standard InChI is InChI=1S/C54H37N3/c55-35-36-15-13-21-39(31-36)40-22-14-23-43(32-40)54-56-52(38-18-5-2-6-19-38)53(57-54)42-29-30-49-46-26-10-9-25-45(46)44-24-8-7-20-41(44)33-50(37-16-3-1-4-17-37)47-27-11-12-28-48(47)51(49)34-42/h1-32,34,50H,33H2,(H,56,57). The lowest BCUT2D eigenvalue weighted by Crippen LogP contribution is -2.09. The van der Waals surface area contributed by atoms with Gasteiger partial charge >= 0.3 is 0 Å². The predicted molar refractivity (Wildman–Crippen MR) is 233 cm³/mol. The smallest absolute Gasteiger partial charge is 0.138 e. The van der Waals surface area contributed by atoms with Crippen molar-refractivity contribution in [3.05, 3.63) is 222 Å². The van der Waals surface area contributed by atoms with Gasteiger partial charge in [0.05, 0.1) is 23.0 Å². The molecule has 3 heteroatoms. The number of nitrogens with one attached hydrogen (secondary N) is 1. The molecule has 0 spiro atoms. The summed E-state index contributed by atoms with van der Waals surface area (Å²) in [4.78, 5) is 9.15. The van der Waals surface area contributed by atoms with E-state index in [1.165, 1.54) is 50.1 Å². The van der Waals surface area contributed by atoms with Crippen LogP contribution in [-0.2, 0) is 6.42 Å². The first-order chi connectivity index (χ1) is 28.2. The van der Waals surface area contributed by atoms with E-state index in [9.17, 15) is 5.26 Å². The maximum Gasteiger partial charge on any atom is 0.138 e. The maximum atomic E-state index is 9.56. The first-order valence-corrected chi connectivity index (χ1v) is 19.4. The first kappa shape index (κ1) is 34.0. The molecule has 0 amide bonds. The molecule has 0 saturated carbocycles. The minimum Gasteiger partial charge on any atom is -0.337 e. The average Bonchev–Trinajstić information content (AvgIpc) is 3.75. The minimum absolute atomic E-state index is 0.142. The summed E-state index contributed by atoms with van der Waals surface area (Å²) in [6, 6.07) is 73.5. The summed E-state index contributed by atoms with van der Waals surface area (Å²) < 4.78 is 0. The summed E-state index contributed by atoms with van der Waals surface area (Å²) in [6.07, 6.45) is 0.876. The van der Waals surface area contributed by atoms with E-state index in [1.54, 1.807) is 0 Å². The van der Waals surface area contributed by atoms with Crippen molar-refractivity contribution in [1.29, 1.82) is 5.26 Å². The molecule has 1 atom stereocenters. The SMILES string of the molecule is N#Cc1cccc(-c2cccc(-c3nc(-c4ccc5c(c4)-c4ccccc4C(c4ccccc4)Cc4ccccc4-c4ccccc4-5)c(-c4ccccc4)[nH]3)c2)c1. The molecule has 1 aliphatic carbocycles. The molecule has 1 heterocycles. The Hall–Kier alpha value is -7.54. The fraction of sp³-hybridized carbons (Fsp3) is 0.0370. The van der Waals surface area contributed by atoms with Gasteiger partial charge in [0.1, 0.15) is 5.82 Å². The first-order valence-electron chi connectivity index (χ1n) is 19.4. The lowest BCUT2D eigenvalue weighted by atomic mass is 9.77. The van der Waals surface area contributed by atoms with Crippen LogP contribution in [0.1, 0.15) is 28.2 Å². The normalized spacial score (nSPS) is 13.0. The lowest BCUT2D eigenvalue weighted by Gasteiger charge is -2.27. The van der Waals surface area contributed by atoms with E-state index in [4.69, 9.17) is 4.98 Å². The second kappa shape index (κ2) is 14.6. The molecule has 0 saturated heterocycles. The van der Waals surface area contributed by atoms with Crippen LogP contribution in [0.25, 0.3) is 78.4 Å². The summed E-state index contributed by atoms with van der Waals surface area (Å²) in [5.74, 6) is 0.928. The number of hydrogen-bond acceptors (Lipinski definition) is 2. The fourth-order valence-electron chi connectivity index (χ4n) is 8.57. The Labute approximate surface area is 333 Å². The zero-order chi connectivity index (χ0) is 38.1. The molecule has 0 bridgehead atoms. The molecule has 1 unspecified atom stereocenters. The van der Waals surface area contributed by atoms with Crippen LogP contribution in [-0.4, -0.2) is 9.97 Å². The largest absolute Gasteiger partial charge is 0.337 e. The molecule has 1 N–H and O–H groups in total. The van der Waals surface area contributed by atoms with E-state index >= 15 is 0 Å². The third kappa shape index (κ3) is 6.34. The molecule has 1 aromatic heterocycles. The Balaban J connectivity index is 1.20. The van der Waals surface area contributed by atoms with Crippen molar-refractivity contribution in [2.45, 2.75) is 12.3 Å².